The molecule has 0 bridgehead atoms. The van der Waals surface area contributed by atoms with Crippen LogP contribution in [0.1, 0.15) is 50.8 Å². The standard InChI is InChI=1S/C21H27N5O2S/c1-12-11-29-19-17(12)18(24-16-6-4-5-15(23-16)21(2,3)28)25-20(26-19)22-13-7-9-14(27)10-8-13/h4-6,11,13-14,27-28H,7-10H2,1-3H3,(H2,22,23,24,25,26). The van der Waals surface area contributed by atoms with Gasteiger partial charge in [-0.1, -0.05) is 6.07 Å². The van der Waals surface area contributed by atoms with Crippen molar-refractivity contribution in [1.82, 2.24) is 15.0 Å². The minimum absolute atomic E-state index is 0.192. The fourth-order valence-electron chi connectivity index (χ4n) is 3.61. The number of aliphatic hydroxyl groups is 2. The maximum Gasteiger partial charge on any atom is 0.226 e. The smallest absolute Gasteiger partial charge is 0.226 e. The number of nitrogens with one attached hydrogen (secondary N) is 2. The highest BCUT2D eigenvalue weighted by Crippen LogP contribution is 2.33. The monoisotopic (exact) mass is 413 g/mol. The van der Waals surface area contributed by atoms with Gasteiger partial charge in [-0.3, -0.25) is 0 Å². The van der Waals surface area contributed by atoms with Gasteiger partial charge < -0.3 is 20.8 Å². The molecule has 4 rings (SSSR count). The molecule has 7 nitrogen and oxygen atoms in total. The third-order valence-corrected chi connectivity index (χ3v) is 6.26. The fraction of sp³-hybridized carbons (Fsp3) is 0.476. The topological polar surface area (TPSA) is 103 Å². The van der Waals surface area contributed by atoms with E-state index in [1.807, 2.05) is 19.1 Å². The Morgan fingerprint density at radius 1 is 1.10 bits per heavy atom. The van der Waals surface area contributed by atoms with Crippen molar-refractivity contribution >= 4 is 39.1 Å². The van der Waals surface area contributed by atoms with Crippen LogP contribution in [0.5, 0.6) is 0 Å². The van der Waals surface area contributed by atoms with E-state index in [1.54, 1.807) is 31.3 Å². The Balaban J connectivity index is 1.65. The molecule has 1 aliphatic rings. The van der Waals surface area contributed by atoms with Gasteiger partial charge in [-0.05, 0) is 69.5 Å². The molecule has 0 aliphatic heterocycles. The van der Waals surface area contributed by atoms with E-state index in [-0.39, 0.29) is 12.1 Å². The lowest BCUT2D eigenvalue weighted by atomic mass is 9.93. The van der Waals surface area contributed by atoms with Crippen LogP contribution in [0.15, 0.2) is 23.6 Å². The maximum atomic E-state index is 10.3. The van der Waals surface area contributed by atoms with Crippen LogP contribution in [0.3, 0.4) is 0 Å². The summed E-state index contributed by atoms with van der Waals surface area (Å²) >= 11 is 1.59. The number of pyridine rings is 1. The molecule has 29 heavy (non-hydrogen) atoms. The number of hydrogen-bond donors (Lipinski definition) is 4. The van der Waals surface area contributed by atoms with E-state index in [0.29, 0.717) is 23.3 Å². The molecular formula is C21H27N5O2S. The number of aliphatic hydroxyl groups excluding tert-OH is 1. The molecule has 1 fully saturated rings. The highest BCUT2D eigenvalue weighted by Gasteiger charge is 2.22. The van der Waals surface area contributed by atoms with E-state index in [2.05, 4.69) is 21.0 Å². The van der Waals surface area contributed by atoms with Crippen molar-refractivity contribution < 1.29 is 10.2 Å². The van der Waals surface area contributed by atoms with E-state index < -0.39 is 5.60 Å². The van der Waals surface area contributed by atoms with Crippen molar-refractivity contribution in [3.63, 3.8) is 0 Å². The molecule has 0 saturated heterocycles. The number of thiophene rings is 1. The van der Waals surface area contributed by atoms with E-state index in [0.717, 1.165) is 41.5 Å². The number of anilines is 3. The number of aryl methyl sites for hydroxylation is 1. The van der Waals surface area contributed by atoms with Gasteiger partial charge in [0.25, 0.3) is 0 Å². The minimum atomic E-state index is -1.02. The predicted octanol–water partition coefficient (Wildman–Crippen LogP) is 4.08. The second kappa shape index (κ2) is 7.85. The first-order chi connectivity index (χ1) is 13.8. The van der Waals surface area contributed by atoms with Gasteiger partial charge in [-0.25, -0.2) is 9.97 Å². The summed E-state index contributed by atoms with van der Waals surface area (Å²) in [6, 6.07) is 5.80. The van der Waals surface area contributed by atoms with Crippen LogP contribution in [0.25, 0.3) is 10.2 Å². The quantitative estimate of drug-likeness (QED) is 0.500. The van der Waals surface area contributed by atoms with E-state index in [4.69, 9.17) is 9.97 Å². The third-order valence-electron chi connectivity index (χ3n) is 5.27. The lowest BCUT2D eigenvalue weighted by Gasteiger charge is -2.26. The largest absolute Gasteiger partial charge is 0.393 e. The molecule has 0 radical (unpaired) electrons. The van der Waals surface area contributed by atoms with Crippen LogP contribution in [-0.4, -0.2) is 37.3 Å². The molecule has 0 aromatic carbocycles. The lowest BCUT2D eigenvalue weighted by molar-refractivity contribution is 0.0740. The van der Waals surface area contributed by atoms with Crippen molar-refractivity contribution in [3.8, 4) is 0 Å². The summed E-state index contributed by atoms with van der Waals surface area (Å²) < 4.78 is 0. The van der Waals surface area contributed by atoms with Gasteiger partial charge in [0.2, 0.25) is 5.95 Å². The molecule has 3 heterocycles. The molecule has 4 N–H and O–H groups in total. The Kier molecular flexibility index (Phi) is 5.42. The average molecular weight is 414 g/mol. The van der Waals surface area contributed by atoms with Crippen molar-refractivity contribution in [2.24, 2.45) is 0 Å². The summed E-state index contributed by atoms with van der Waals surface area (Å²) in [4.78, 5) is 14.9. The Labute approximate surface area is 174 Å². The Morgan fingerprint density at radius 2 is 1.86 bits per heavy atom. The summed E-state index contributed by atoms with van der Waals surface area (Å²) in [5, 5.41) is 29.8. The minimum Gasteiger partial charge on any atom is -0.393 e. The summed E-state index contributed by atoms with van der Waals surface area (Å²) in [5.41, 5.74) is 0.683. The van der Waals surface area contributed by atoms with Gasteiger partial charge in [-0.15, -0.1) is 11.3 Å². The first kappa shape index (κ1) is 20.0. The van der Waals surface area contributed by atoms with Crippen molar-refractivity contribution in [3.05, 3.63) is 34.8 Å². The van der Waals surface area contributed by atoms with Crippen LogP contribution in [-0.2, 0) is 5.60 Å². The molecular weight excluding hydrogens is 386 g/mol. The summed E-state index contributed by atoms with van der Waals surface area (Å²) in [5.74, 6) is 1.91. The highest BCUT2D eigenvalue weighted by atomic mass is 32.1. The van der Waals surface area contributed by atoms with Crippen molar-refractivity contribution in [2.45, 2.75) is 64.2 Å². The summed E-state index contributed by atoms with van der Waals surface area (Å²) in [6.45, 7) is 5.48. The van der Waals surface area contributed by atoms with Crippen LogP contribution in [0, 0.1) is 6.92 Å². The highest BCUT2D eigenvalue weighted by molar-refractivity contribution is 7.17. The third kappa shape index (κ3) is 4.49. The zero-order valence-corrected chi connectivity index (χ0v) is 17.8. The lowest BCUT2D eigenvalue weighted by Crippen LogP contribution is -2.29. The van der Waals surface area contributed by atoms with Gasteiger partial charge in [0.15, 0.2) is 0 Å². The van der Waals surface area contributed by atoms with E-state index in [1.165, 1.54) is 0 Å². The van der Waals surface area contributed by atoms with Crippen LogP contribution >= 0.6 is 11.3 Å². The zero-order valence-electron chi connectivity index (χ0n) is 16.9. The van der Waals surface area contributed by atoms with Gasteiger partial charge in [0.1, 0.15) is 22.1 Å². The zero-order chi connectivity index (χ0) is 20.6. The molecule has 0 unspecified atom stereocenters. The maximum absolute atomic E-state index is 10.3. The summed E-state index contributed by atoms with van der Waals surface area (Å²) in [7, 11) is 0. The van der Waals surface area contributed by atoms with Crippen LogP contribution in [0.4, 0.5) is 17.6 Å². The van der Waals surface area contributed by atoms with Crippen LogP contribution in [0.2, 0.25) is 0 Å². The number of rotatable bonds is 5. The molecule has 8 heteroatoms. The Morgan fingerprint density at radius 3 is 2.59 bits per heavy atom. The number of nitrogens with zero attached hydrogens (tertiary/aromatic N) is 3. The SMILES string of the molecule is Cc1csc2nc(NC3CCC(O)CC3)nc(Nc3cccc(C(C)(C)O)n3)c12. The molecule has 1 aliphatic carbocycles. The summed E-state index contributed by atoms with van der Waals surface area (Å²) in [6.07, 6.45) is 3.23. The number of fused-ring (bicyclic) bond motifs is 1. The first-order valence-corrected chi connectivity index (χ1v) is 10.8. The normalized spacial score (nSPS) is 20.0. The molecule has 1 saturated carbocycles. The molecule has 3 aromatic rings. The van der Waals surface area contributed by atoms with Gasteiger partial charge in [-0.2, -0.15) is 4.98 Å². The van der Waals surface area contributed by atoms with Gasteiger partial charge in [0, 0.05) is 6.04 Å². The second-order valence-electron chi connectivity index (χ2n) is 8.24. The van der Waals surface area contributed by atoms with Gasteiger partial charge >= 0.3 is 0 Å². The Hall–Kier alpha value is -2.29. The molecule has 0 atom stereocenters. The predicted molar refractivity (Wildman–Crippen MR) is 117 cm³/mol. The average Bonchev–Trinajstić information content (AvgIpc) is 3.04. The van der Waals surface area contributed by atoms with Crippen molar-refractivity contribution in [1.29, 1.82) is 0 Å². The number of hydrogen-bond acceptors (Lipinski definition) is 8. The molecule has 3 aromatic heterocycles. The first-order valence-electron chi connectivity index (χ1n) is 9.97. The van der Waals surface area contributed by atoms with Crippen molar-refractivity contribution in [2.75, 3.05) is 10.6 Å². The second-order valence-corrected chi connectivity index (χ2v) is 9.09. The Bertz CT molecular complexity index is 1010. The fourth-order valence-corrected chi connectivity index (χ4v) is 4.53. The van der Waals surface area contributed by atoms with E-state index >= 15 is 0 Å². The molecule has 154 valence electrons. The van der Waals surface area contributed by atoms with E-state index in [9.17, 15) is 10.2 Å². The van der Waals surface area contributed by atoms with Crippen LogP contribution < -0.4 is 10.6 Å². The number of aromatic nitrogens is 3. The molecule has 0 spiro atoms. The molecule has 0 amide bonds. The van der Waals surface area contributed by atoms with Gasteiger partial charge in [0.05, 0.1) is 17.2 Å².